The fraction of sp³-hybridized carbons (Fsp3) is 0.235. The number of hydrogen-bond acceptors (Lipinski definition) is 3. The lowest BCUT2D eigenvalue weighted by Gasteiger charge is -2.10. The van der Waals surface area contributed by atoms with E-state index in [4.69, 9.17) is 9.47 Å². The first-order valence-electron chi connectivity index (χ1n) is 6.87. The number of rotatable bonds is 6. The summed E-state index contributed by atoms with van der Waals surface area (Å²) >= 11 is 3.42. The maximum absolute atomic E-state index is 11.8. The minimum atomic E-state index is -0.171. The van der Waals surface area contributed by atoms with E-state index < -0.39 is 0 Å². The summed E-state index contributed by atoms with van der Waals surface area (Å²) in [6, 6.07) is 13.3. The molecule has 4 nitrogen and oxygen atoms in total. The molecule has 0 saturated heterocycles. The zero-order valence-electron chi connectivity index (χ0n) is 12.6. The van der Waals surface area contributed by atoms with E-state index in [0.29, 0.717) is 12.3 Å². The van der Waals surface area contributed by atoms with Crippen LogP contribution in [0.15, 0.2) is 46.9 Å². The summed E-state index contributed by atoms with van der Waals surface area (Å²) in [7, 11) is 1.62. The lowest BCUT2D eigenvalue weighted by Crippen LogP contribution is -2.28. The molecule has 2 aromatic rings. The van der Waals surface area contributed by atoms with Gasteiger partial charge in [-0.3, -0.25) is 4.79 Å². The molecule has 1 N–H and O–H groups in total. The molecule has 22 heavy (non-hydrogen) atoms. The highest BCUT2D eigenvalue weighted by Gasteiger charge is 2.06. The summed E-state index contributed by atoms with van der Waals surface area (Å²) in [5.41, 5.74) is 2.10. The predicted molar refractivity (Wildman–Crippen MR) is 89.2 cm³/mol. The fourth-order valence-corrected chi connectivity index (χ4v) is 2.51. The SMILES string of the molecule is COc1cccc(CNC(=O)COc2ccc(C)cc2Br)c1. The van der Waals surface area contributed by atoms with Gasteiger partial charge in [-0.15, -0.1) is 0 Å². The fourth-order valence-electron chi connectivity index (χ4n) is 1.90. The second-order valence-electron chi connectivity index (χ2n) is 4.85. The average molecular weight is 364 g/mol. The molecule has 0 unspecified atom stereocenters. The highest BCUT2D eigenvalue weighted by Crippen LogP contribution is 2.25. The van der Waals surface area contributed by atoms with Crippen LogP contribution in [-0.4, -0.2) is 19.6 Å². The van der Waals surface area contributed by atoms with Crippen molar-refractivity contribution < 1.29 is 14.3 Å². The van der Waals surface area contributed by atoms with Crippen LogP contribution < -0.4 is 14.8 Å². The number of halogens is 1. The molecular formula is C17H18BrNO3. The van der Waals surface area contributed by atoms with Crippen LogP contribution in [0.3, 0.4) is 0 Å². The van der Waals surface area contributed by atoms with Crippen LogP contribution in [0.4, 0.5) is 0 Å². The Hall–Kier alpha value is -2.01. The minimum absolute atomic E-state index is 0.0222. The summed E-state index contributed by atoms with van der Waals surface area (Å²) in [6.45, 7) is 2.41. The van der Waals surface area contributed by atoms with Crippen molar-refractivity contribution in [2.75, 3.05) is 13.7 Å². The molecule has 0 bridgehead atoms. The molecular weight excluding hydrogens is 346 g/mol. The van der Waals surface area contributed by atoms with E-state index in [2.05, 4.69) is 21.2 Å². The van der Waals surface area contributed by atoms with E-state index in [-0.39, 0.29) is 12.5 Å². The number of amides is 1. The first-order valence-corrected chi connectivity index (χ1v) is 7.66. The largest absolute Gasteiger partial charge is 0.497 e. The Morgan fingerprint density at radius 1 is 1.23 bits per heavy atom. The van der Waals surface area contributed by atoms with Gasteiger partial charge in [0.1, 0.15) is 11.5 Å². The minimum Gasteiger partial charge on any atom is -0.497 e. The topological polar surface area (TPSA) is 47.6 Å². The van der Waals surface area contributed by atoms with Crippen molar-refractivity contribution in [1.82, 2.24) is 5.32 Å². The van der Waals surface area contributed by atoms with Crippen LogP contribution in [0, 0.1) is 6.92 Å². The van der Waals surface area contributed by atoms with E-state index in [0.717, 1.165) is 21.3 Å². The Kier molecular flexibility index (Phi) is 5.83. The standard InChI is InChI=1S/C17H18BrNO3/c1-12-6-7-16(15(18)8-12)22-11-17(20)19-10-13-4-3-5-14(9-13)21-2/h3-9H,10-11H2,1-2H3,(H,19,20). The number of hydrogen-bond donors (Lipinski definition) is 1. The molecule has 0 saturated carbocycles. The van der Waals surface area contributed by atoms with Gasteiger partial charge in [-0.1, -0.05) is 18.2 Å². The normalized spacial score (nSPS) is 10.1. The van der Waals surface area contributed by atoms with Crippen molar-refractivity contribution in [3.05, 3.63) is 58.1 Å². The molecule has 0 radical (unpaired) electrons. The Balaban J connectivity index is 1.82. The van der Waals surface area contributed by atoms with Crippen molar-refractivity contribution in [2.24, 2.45) is 0 Å². The van der Waals surface area contributed by atoms with Crippen LogP contribution in [0.25, 0.3) is 0 Å². The highest BCUT2D eigenvalue weighted by atomic mass is 79.9. The zero-order valence-corrected chi connectivity index (χ0v) is 14.1. The predicted octanol–water partition coefficient (Wildman–Crippen LogP) is 3.46. The molecule has 1 amide bonds. The van der Waals surface area contributed by atoms with E-state index in [9.17, 15) is 4.79 Å². The molecule has 0 atom stereocenters. The van der Waals surface area contributed by atoms with Crippen molar-refractivity contribution in [3.8, 4) is 11.5 Å². The number of benzene rings is 2. The second kappa shape index (κ2) is 7.84. The number of methoxy groups -OCH3 is 1. The Morgan fingerprint density at radius 3 is 2.77 bits per heavy atom. The Labute approximate surface area is 138 Å². The maximum atomic E-state index is 11.8. The summed E-state index contributed by atoms with van der Waals surface area (Å²) in [6.07, 6.45) is 0. The van der Waals surface area contributed by atoms with Gasteiger partial charge in [0.25, 0.3) is 5.91 Å². The summed E-state index contributed by atoms with van der Waals surface area (Å²) in [5.74, 6) is 1.25. The molecule has 0 aromatic heterocycles. The van der Waals surface area contributed by atoms with Crippen molar-refractivity contribution in [3.63, 3.8) is 0 Å². The molecule has 2 aromatic carbocycles. The quantitative estimate of drug-likeness (QED) is 0.854. The summed E-state index contributed by atoms with van der Waals surface area (Å²) in [5, 5.41) is 2.82. The van der Waals surface area contributed by atoms with Crippen molar-refractivity contribution in [2.45, 2.75) is 13.5 Å². The van der Waals surface area contributed by atoms with Crippen LogP contribution in [0.1, 0.15) is 11.1 Å². The number of aryl methyl sites for hydroxylation is 1. The Bertz CT molecular complexity index is 658. The van der Waals surface area contributed by atoms with E-state index >= 15 is 0 Å². The third kappa shape index (κ3) is 4.77. The van der Waals surface area contributed by atoms with Gasteiger partial charge in [0, 0.05) is 6.54 Å². The van der Waals surface area contributed by atoms with Crippen LogP contribution in [0.2, 0.25) is 0 Å². The monoisotopic (exact) mass is 363 g/mol. The lowest BCUT2D eigenvalue weighted by molar-refractivity contribution is -0.123. The third-order valence-electron chi connectivity index (χ3n) is 3.07. The van der Waals surface area contributed by atoms with Crippen LogP contribution >= 0.6 is 15.9 Å². The molecule has 0 aliphatic carbocycles. The molecule has 0 fully saturated rings. The Morgan fingerprint density at radius 2 is 2.05 bits per heavy atom. The van der Waals surface area contributed by atoms with Gasteiger partial charge < -0.3 is 14.8 Å². The van der Waals surface area contributed by atoms with E-state index in [1.165, 1.54) is 0 Å². The van der Waals surface area contributed by atoms with Crippen LogP contribution in [0.5, 0.6) is 11.5 Å². The number of carbonyl (C=O) groups excluding carboxylic acids is 1. The molecule has 0 heterocycles. The molecule has 0 aliphatic heterocycles. The first kappa shape index (κ1) is 16.4. The molecule has 116 valence electrons. The maximum Gasteiger partial charge on any atom is 0.258 e. The van der Waals surface area contributed by atoms with Gasteiger partial charge in [0.2, 0.25) is 0 Å². The average Bonchev–Trinajstić information content (AvgIpc) is 2.52. The van der Waals surface area contributed by atoms with Gasteiger partial charge in [-0.25, -0.2) is 0 Å². The summed E-state index contributed by atoms with van der Waals surface area (Å²) in [4.78, 5) is 11.8. The lowest BCUT2D eigenvalue weighted by atomic mass is 10.2. The van der Waals surface area contributed by atoms with Gasteiger partial charge in [-0.05, 0) is 58.2 Å². The zero-order chi connectivity index (χ0) is 15.9. The van der Waals surface area contributed by atoms with Gasteiger partial charge in [-0.2, -0.15) is 0 Å². The van der Waals surface area contributed by atoms with Crippen molar-refractivity contribution >= 4 is 21.8 Å². The van der Waals surface area contributed by atoms with Crippen LogP contribution in [-0.2, 0) is 11.3 Å². The van der Waals surface area contributed by atoms with E-state index in [1.807, 2.05) is 49.4 Å². The molecule has 5 heteroatoms. The van der Waals surface area contributed by atoms with Gasteiger partial charge in [0.05, 0.1) is 11.6 Å². The van der Waals surface area contributed by atoms with Crippen molar-refractivity contribution in [1.29, 1.82) is 0 Å². The number of nitrogens with one attached hydrogen (secondary N) is 1. The number of ether oxygens (including phenoxy) is 2. The highest BCUT2D eigenvalue weighted by molar-refractivity contribution is 9.10. The summed E-state index contributed by atoms with van der Waals surface area (Å²) < 4.78 is 11.5. The third-order valence-corrected chi connectivity index (χ3v) is 3.69. The van der Waals surface area contributed by atoms with Gasteiger partial charge >= 0.3 is 0 Å². The smallest absolute Gasteiger partial charge is 0.258 e. The number of carbonyl (C=O) groups is 1. The second-order valence-corrected chi connectivity index (χ2v) is 5.71. The molecule has 2 rings (SSSR count). The molecule has 0 spiro atoms. The van der Waals surface area contributed by atoms with Gasteiger partial charge in [0.15, 0.2) is 6.61 Å². The van der Waals surface area contributed by atoms with E-state index in [1.54, 1.807) is 7.11 Å². The first-order chi connectivity index (χ1) is 10.6. The molecule has 0 aliphatic rings.